The van der Waals surface area contributed by atoms with Gasteiger partial charge in [0.15, 0.2) is 5.58 Å². The number of fused-ring (bicyclic) bond motifs is 3. The number of nitrogens with zero attached hydrogens (tertiary/aromatic N) is 1. The molecule has 0 unspecified atom stereocenters. The van der Waals surface area contributed by atoms with Crippen LogP contribution in [0.15, 0.2) is 51.8 Å². The van der Waals surface area contributed by atoms with Gasteiger partial charge in [-0.25, -0.2) is 4.98 Å². The Balaban J connectivity index is 2.07. The van der Waals surface area contributed by atoms with Gasteiger partial charge in [-0.15, -0.1) is 0 Å². The van der Waals surface area contributed by atoms with Crippen molar-refractivity contribution in [2.75, 3.05) is 0 Å². The van der Waals surface area contributed by atoms with E-state index in [1.165, 1.54) is 6.20 Å². The Bertz CT molecular complexity index is 1220. The van der Waals surface area contributed by atoms with Crippen LogP contribution in [-0.4, -0.2) is 9.97 Å². The Morgan fingerprint density at radius 1 is 1.17 bits per heavy atom. The van der Waals surface area contributed by atoms with Crippen molar-refractivity contribution in [2.24, 2.45) is 0 Å². The van der Waals surface area contributed by atoms with Crippen LogP contribution in [0.4, 0.5) is 0 Å². The minimum absolute atomic E-state index is 0.0564. The summed E-state index contributed by atoms with van der Waals surface area (Å²) in [7, 11) is 0. The van der Waals surface area contributed by atoms with Gasteiger partial charge in [0.1, 0.15) is 11.1 Å². The predicted molar refractivity (Wildman–Crippen MR) is 96.4 cm³/mol. The number of hydrogen-bond acceptors (Lipinski definition) is 3. The van der Waals surface area contributed by atoms with Gasteiger partial charge >= 0.3 is 0 Å². The number of furan rings is 1. The van der Waals surface area contributed by atoms with Crippen LogP contribution in [-0.2, 0) is 0 Å². The van der Waals surface area contributed by atoms with Crippen LogP contribution < -0.4 is 5.56 Å². The maximum atomic E-state index is 12.6. The number of benzene rings is 1. The highest BCUT2D eigenvalue weighted by Crippen LogP contribution is 2.30. The van der Waals surface area contributed by atoms with Crippen LogP contribution in [0.5, 0.6) is 0 Å². The highest BCUT2D eigenvalue weighted by atomic mass is 16.3. The third-order valence-electron chi connectivity index (χ3n) is 4.22. The summed E-state index contributed by atoms with van der Waals surface area (Å²) >= 11 is 0. The molecule has 4 rings (SSSR count). The Hall–Kier alpha value is -2.88. The molecule has 0 aliphatic carbocycles. The molecule has 0 aliphatic heterocycles. The third kappa shape index (κ3) is 2.14. The molecule has 1 aromatic carbocycles. The predicted octanol–water partition coefficient (Wildman–Crippen LogP) is 4.77. The molecule has 4 nitrogen and oxygen atoms in total. The monoisotopic (exact) mass is 321 g/mol. The minimum Gasteiger partial charge on any atom is -0.454 e. The first kappa shape index (κ1) is 11.6. The highest BCUT2D eigenvalue weighted by molar-refractivity contribution is 6.02. The van der Waals surface area contributed by atoms with Gasteiger partial charge in [0.05, 0.1) is 11.3 Å². The molecule has 0 atom stereocenters. The molecular formula is C20H18N2O2. The van der Waals surface area contributed by atoms with Crippen molar-refractivity contribution in [1.29, 1.82) is 0 Å². The second-order valence-electron chi connectivity index (χ2n) is 6.12. The van der Waals surface area contributed by atoms with Gasteiger partial charge in [-0.2, -0.15) is 0 Å². The number of para-hydroxylation sites is 1. The lowest BCUT2D eigenvalue weighted by atomic mass is 9.95. The molecule has 0 saturated heterocycles. The van der Waals surface area contributed by atoms with Crippen molar-refractivity contribution in [3.63, 3.8) is 0 Å². The van der Waals surface area contributed by atoms with E-state index < -0.39 is 12.4 Å². The van der Waals surface area contributed by atoms with E-state index in [4.69, 9.17) is 8.53 Å². The standard InChI is InChI=1S/C20H18N2O2/c1-11(2)14-10-21-20(23)18(12(14)3)15-8-9-17-19(22-15)13-6-4-5-7-16(13)24-17/h4-11H,1-3H3,(H,21,23)/i3D3. The average molecular weight is 321 g/mol. The molecule has 120 valence electrons. The number of rotatable bonds is 2. The number of nitrogens with one attached hydrogen (secondary N) is 1. The number of H-pyrrole nitrogens is 1. The number of aromatic nitrogens is 2. The fourth-order valence-corrected chi connectivity index (χ4v) is 2.98. The van der Waals surface area contributed by atoms with E-state index in [1.54, 1.807) is 12.1 Å². The quantitative estimate of drug-likeness (QED) is 0.578. The smallest absolute Gasteiger partial charge is 0.257 e. The van der Waals surface area contributed by atoms with E-state index in [-0.39, 0.29) is 17.0 Å². The van der Waals surface area contributed by atoms with Crippen LogP contribution in [0.1, 0.15) is 35.0 Å². The zero-order chi connectivity index (χ0) is 19.3. The van der Waals surface area contributed by atoms with E-state index in [0.29, 0.717) is 27.9 Å². The fraction of sp³-hybridized carbons (Fsp3) is 0.200. The van der Waals surface area contributed by atoms with Gasteiger partial charge < -0.3 is 9.40 Å². The molecule has 3 aromatic heterocycles. The zero-order valence-electron chi connectivity index (χ0n) is 16.4. The first-order valence-corrected chi connectivity index (χ1v) is 7.82. The lowest BCUT2D eigenvalue weighted by Gasteiger charge is -2.12. The summed E-state index contributed by atoms with van der Waals surface area (Å²) in [5, 5.41) is 0.821. The third-order valence-corrected chi connectivity index (χ3v) is 4.22. The molecule has 0 saturated carbocycles. The maximum Gasteiger partial charge on any atom is 0.257 e. The number of pyridine rings is 2. The van der Waals surface area contributed by atoms with Crippen LogP contribution in [0, 0.1) is 6.85 Å². The molecule has 3 heterocycles. The molecule has 4 heteroatoms. The van der Waals surface area contributed by atoms with E-state index >= 15 is 0 Å². The molecule has 0 radical (unpaired) electrons. The Morgan fingerprint density at radius 2 is 2.00 bits per heavy atom. The molecule has 0 fully saturated rings. The largest absolute Gasteiger partial charge is 0.454 e. The number of hydrogen-bond donors (Lipinski definition) is 1. The molecule has 0 bridgehead atoms. The van der Waals surface area contributed by atoms with Crippen molar-refractivity contribution >= 4 is 22.1 Å². The van der Waals surface area contributed by atoms with Crippen LogP contribution >= 0.6 is 0 Å². The summed E-state index contributed by atoms with van der Waals surface area (Å²) in [5.41, 5.74) is 2.48. The molecule has 1 N–H and O–H groups in total. The Morgan fingerprint density at radius 3 is 2.79 bits per heavy atom. The lowest BCUT2D eigenvalue weighted by Crippen LogP contribution is -2.13. The fourth-order valence-electron chi connectivity index (χ4n) is 2.98. The Kier molecular flexibility index (Phi) is 2.59. The van der Waals surface area contributed by atoms with E-state index in [0.717, 1.165) is 5.39 Å². The molecular weight excluding hydrogens is 300 g/mol. The summed E-state index contributed by atoms with van der Waals surface area (Å²) in [4.78, 5) is 19.9. The van der Waals surface area contributed by atoms with Crippen LogP contribution in [0.2, 0.25) is 0 Å². The zero-order valence-corrected chi connectivity index (χ0v) is 13.4. The molecule has 4 aromatic rings. The van der Waals surface area contributed by atoms with Gasteiger partial charge in [0.25, 0.3) is 5.56 Å². The second-order valence-corrected chi connectivity index (χ2v) is 6.12. The molecule has 0 aliphatic rings. The van der Waals surface area contributed by atoms with E-state index in [2.05, 4.69) is 9.97 Å². The molecule has 0 spiro atoms. The van der Waals surface area contributed by atoms with Crippen LogP contribution in [0.3, 0.4) is 0 Å². The van der Waals surface area contributed by atoms with Crippen molar-refractivity contribution in [3.05, 3.63) is 64.1 Å². The summed E-state index contributed by atoms with van der Waals surface area (Å²) in [6.07, 6.45) is 1.49. The molecule has 0 amide bonds. The van der Waals surface area contributed by atoms with Gasteiger partial charge in [0, 0.05) is 15.7 Å². The van der Waals surface area contributed by atoms with E-state index in [1.807, 2.05) is 38.1 Å². The van der Waals surface area contributed by atoms with Gasteiger partial charge in [-0.1, -0.05) is 26.0 Å². The topological polar surface area (TPSA) is 58.9 Å². The lowest BCUT2D eigenvalue weighted by molar-refractivity contribution is 0.668. The highest BCUT2D eigenvalue weighted by Gasteiger charge is 2.16. The van der Waals surface area contributed by atoms with Gasteiger partial charge in [-0.3, -0.25) is 4.79 Å². The summed E-state index contributed by atoms with van der Waals surface area (Å²) in [5.74, 6) is -0.0606. The van der Waals surface area contributed by atoms with Crippen molar-refractivity contribution in [2.45, 2.75) is 26.6 Å². The van der Waals surface area contributed by atoms with E-state index in [9.17, 15) is 4.79 Å². The van der Waals surface area contributed by atoms with Crippen molar-refractivity contribution in [3.8, 4) is 11.3 Å². The maximum absolute atomic E-state index is 12.6. The summed E-state index contributed by atoms with van der Waals surface area (Å²) in [6, 6.07) is 10.8. The van der Waals surface area contributed by atoms with Gasteiger partial charge in [0.2, 0.25) is 0 Å². The minimum atomic E-state index is -2.43. The average Bonchev–Trinajstić information content (AvgIpc) is 2.98. The summed E-state index contributed by atoms with van der Waals surface area (Å²) < 4.78 is 29.8. The SMILES string of the molecule is [2H]C([2H])([2H])c1c(C(C)C)c[nH]c(=O)c1-c1ccc2oc3ccccc3c2n1. The molecule has 24 heavy (non-hydrogen) atoms. The van der Waals surface area contributed by atoms with Crippen LogP contribution in [0.25, 0.3) is 33.3 Å². The number of aromatic amines is 1. The first-order chi connectivity index (χ1) is 12.8. The summed E-state index contributed by atoms with van der Waals surface area (Å²) in [6.45, 7) is 1.36. The van der Waals surface area contributed by atoms with Gasteiger partial charge in [-0.05, 0) is 48.2 Å². The normalized spacial score (nSPS) is 14.0. The Labute approximate surface area is 143 Å². The van der Waals surface area contributed by atoms with Crippen molar-refractivity contribution < 1.29 is 8.53 Å². The second kappa shape index (κ2) is 5.34. The van der Waals surface area contributed by atoms with Crippen molar-refractivity contribution in [1.82, 2.24) is 9.97 Å². The first-order valence-electron chi connectivity index (χ1n) is 9.32.